The van der Waals surface area contributed by atoms with Crippen LogP contribution in [0, 0.1) is 18.8 Å². The van der Waals surface area contributed by atoms with Gasteiger partial charge in [0.25, 0.3) is 0 Å². The Morgan fingerprint density at radius 2 is 1.85 bits per heavy atom. The number of aryl methyl sites for hydroxylation is 1. The van der Waals surface area contributed by atoms with Crippen LogP contribution in [0.1, 0.15) is 18.9 Å². The minimum absolute atomic E-state index is 0.483. The van der Waals surface area contributed by atoms with Gasteiger partial charge in [-0.25, -0.2) is 0 Å². The fourth-order valence-corrected chi connectivity index (χ4v) is 0.930. The summed E-state index contributed by atoms with van der Waals surface area (Å²) in [6.07, 6.45) is 0.886. The molecule has 1 aromatic rings. The zero-order chi connectivity index (χ0) is 9.52. The van der Waals surface area contributed by atoms with Crippen molar-refractivity contribution in [2.75, 3.05) is 6.61 Å². The van der Waals surface area contributed by atoms with Crippen LogP contribution < -0.4 is 4.74 Å². The molecule has 1 nitrogen and oxygen atoms in total. The van der Waals surface area contributed by atoms with E-state index in [2.05, 4.69) is 18.8 Å². The van der Waals surface area contributed by atoms with E-state index in [1.807, 2.05) is 31.2 Å². The third-order valence-electron chi connectivity index (χ3n) is 1.63. The van der Waals surface area contributed by atoms with Gasteiger partial charge in [0.1, 0.15) is 12.4 Å². The molecule has 0 unspecified atom stereocenters. The first kappa shape index (κ1) is 9.67. The number of benzene rings is 1. The highest BCUT2D eigenvalue weighted by atomic mass is 16.5. The first-order valence-electron chi connectivity index (χ1n) is 4.48. The lowest BCUT2D eigenvalue weighted by atomic mass is 10.2. The molecule has 0 fully saturated rings. The van der Waals surface area contributed by atoms with E-state index in [4.69, 9.17) is 4.74 Å². The maximum Gasteiger partial charge on any atom is 0.149 e. The standard InChI is InChI=1S/C12H14O/c1-3-4-5-10-13-12-8-6-11(2)7-9-12/h6-9H,3,10H2,1-2H3. The zero-order valence-corrected chi connectivity index (χ0v) is 8.13. The van der Waals surface area contributed by atoms with Crippen molar-refractivity contribution in [3.63, 3.8) is 0 Å². The van der Waals surface area contributed by atoms with Gasteiger partial charge in [-0.15, -0.1) is 5.92 Å². The summed E-state index contributed by atoms with van der Waals surface area (Å²) in [5.41, 5.74) is 1.24. The number of rotatable bonds is 2. The van der Waals surface area contributed by atoms with Gasteiger partial charge < -0.3 is 4.74 Å². The van der Waals surface area contributed by atoms with E-state index in [0.717, 1.165) is 12.2 Å². The van der Waals surface area contributed by atoms with Crippen molar-refractivity contribution < 1.29 is 4.74 Å². The molecule has 0 radical (unpaired) electrons. The second kappa shape index (κ2) is 5.27. The molecule has 0 amide bonds. The Bertz CT molecular complexity index is 300. The van der Waals surface area contributed by atoms with Gasteiger partial charge in [0, 0.05) is 6.42 Å². The molecule has 0 atom stereocenters. The zero-order valence-electron chi connectivity index (χ0n) is 8.13. The summed E-state index contributed by atoms with van der Waals surface area (Å²) in [6, 6.07) is 7.98. The van der Waals surface area contributed by atoms with Crippen LogP contribution in [-0.4, -0.2) is 6.61 Å². The summed E-state index contributed by atoms with van der Waals surface area (Å²) in [5.74, 6) is 6.77. The Kier molecular flexibility index (Phi) is 3.92. The van der Waals surface area contributed by atoms with Crippen molar-refractivity contribution >= 4 is 0 Å². The second-order valence-corrected chi connectivity index (χ2v) is 2.81. The van der Waals surface area contributed by atoms with Crippen molar-refractivity contribution in [3.05, 3.63) is 29.8 Å². The number of hydrogen-bond donors (Lipinski definition) is 0. The van der Waals surface area contributed by atoms with E-state index in [1.54, 1.807) is 0 Å². The molecular formula is C12H14O. The summed E-state index contributed by atoms with van der Waals surface area (Å²) in [4.78, 5) is 0. The second-order valence-electron chi connectivity index (χ2n) is 2.81. The highest BCUT2D eigenvalue weighted by Crippen LogP contribution is 2.10. The average molecular weight is 174 g/mol. The van der Waals surface area contributed by atoms with E-state index in [0.29, 0.717) is 6.61 Å². The Morgan fingerprint density at radius 1 is 1.15 bits per heavy atom. The predicted molar refractivity (Wildman–Crippen MR) is 54.7 cm³/mol. The van der Waals surface area contributed by atoms with Crippen LogP contribution in [0.25, 0.3) is 0 Å². The summed E-state index contributed by atoms with van der Waals surface area (Å²) < 4.78 is 5.39. The molecule has 1 aromatic carbocycles. The Labute approximate surface area is 79.7 Å². The van der Waals surface area contributed by atoms with Crippen LogP contribution >= 0.6 is 0 Å². The lowest BCUT2D eigenvalue weighted by Gasteiger charge is -2.01. The van der Waals surface area contributed by atoms with Gasteiger partial charge in [-0.2, -0.15) is 0 Å². The molecule has 13 heavy (non-hydrogen) atoms. The van der Waals surface area contributed by atoms with Crippen molar-refractivity contribution in [2.24, 2.45) is 0 Å². The van der Waals surface area contributed by atoms with Gasteiger partial charge in [-0.1, -0.05) is 30.5 Å². The molecule has 1 rings (SSSR count). The van der Waals surface area contributed by atoms with E-state index in [9.17, 15) is 0 Å². The van der Waals surface area contributed by atoms with Gasteiger partial charge in [0.15, 0.2) is 0 Å². The third-order valence-corrected chi connectivity index (χ3v) is 1.63. The predicted octanol–water partition coefficient (Wildman–Crippen LogP) is 2.79. The van der Waals surface area contributed by atoms with Crippen LogP contribution in [0.2, 0.25) is 0 Å². The average Bonchev–Trinajstić information content (AvgIpc) is 2.15. The largest absolute Gasteiger partial charge is 0.481 e. The maximum absolute atomic E-state index is 5.39. The van der Waals surface area contributed by atoms with Crippen LogP contribution in [0.5, 0.6) is 5.75 Å². The molecule has 1 heteroatoms. The molecule has 68 valence electrons. The monoisotopic (exact) mass is 174 g/mol. The van der Waals surface area contributed by atoms with Crippen LogP contribution in [-0.2, 0) is 0 Å². The van der Waals surface area contributed by atoms with E-state index in [1.165, 1.54) is 5.56 Å². The van der Waals surface area contributed by atoms with Crippen LogP contribution in [0.15, 0.2) is 24.3 Å². The van der Waals surface area contributed by atoms with Gasteiger partial charge in [-0.05, 0) is 19.1 Å². The minimum atomic E-state index is 0.483. The van der Waals surface area contributed by atoms with Gasteiger partial charge in [-0.3, -0.25) is 0 Å². The summed E-state index contributed by atoms with van der Waals surface area (Å²) in [5, 5.41) is 0. The van der Waals surface area contributed by atoms with Crippen LogP contribution in [0.3, 0.4) is 0 Å². The van der Waals surface area contributed by atoms with Gasteiger partial charge >= 0.3 is 0 Å². The third kappa shape index (κ3) is 3.66. The molecule has 0 bridgehead atoms. The van der Waals surface area contributed by atoms with Crippen molar-refractivity contribution in [3.8, 4) is 17.6 Å². The van der Waals surface area contributed by atoms with E-state index in [-0.39, 0.29) is 0 Å². The topological polar surface area (TPSA) is 9.23 Å². The summed E-state index contributed by atoms with van der Waals surface area (Å²) >= 11 is 0. The molecule has 0 saturated heterocycles. The molecule has 0 aliphatic carbocycles. The van der Waals surface area contributed by atoms with E-state index < -0.39 is 0 Å². The Balaban J connectivity index is 2.41. The molecule has 0 saturated carbocycles. The molecular weight excluding hydrogens is 160 g/mol. The summed E-state index contributed by atoms with van der Waals surface area (Å²) in [7, 11) is 0. The maximum atomic E-state index is 5.39. The lowest BCUT2D eigenvalue weighted by molar-refractivity contribution is 0.370. The fourth-order valence-electron chi connectivity index (χ4n) is 0.930. The fraction of sp³-hybridized carbons (Fsp3) is 0.333. The molecule has 0 N–H and O–H groups in total. The van der Waals surface area contributed by atoms with Crippen molar-refractivity contribution in [1.29, 1.82) is 0 Å². The highest BCUT2D eigenvalue weighted by Gasteiger charge is 1.89. The molecule has 0 spiro atoms. The van der Waals surface area contributed by atoms with Crippen LogP contribution in [0.4, 0.5) is 0 Å². The first-order chi connectivity index (χ1) is 6.33. The van der Waals surface area contributed by atoms with E-state index >= 15 is 0 Å². The Hall–Kier alpha value is -1.42. The smallest absolute Gasteiger partial charge is 0.149 e. The van der Waals surface area contributed by atoms with Crippen molar-refractivity contribution in [2.45, 2.75) is 20.3 Å². The van der Waals surface area contributed by atoms with Crippen molar-refractivity contribution in [1.82, 2.24) is 0 Å². The summed E-state index contributed by atoms with van der Waals surface area (Å²) in [6.45, 7) is 4.57. The quantitative estimate of drug-likeness (QED) is 0.626. The Morgan fingerprint density at radius 3 is 2.46 bits per heavy atom. The van der Waals surface area contributed by atoms with Gasteiger partial charge in [0.05, 0.1) is 0 Å². The normalized spacial score (nSPS) is 8.77. The molecule has 0 heterocycles. The number of ether oxygens (including phenoxy) is 1. The molecule has 0 aromatic heterocycles. The highest BCUT2D eigenvalue weighted by molar-refractivity contribution is 5.26. The van der Waals surface area contributed by atoms with Gasteiger partial charge in [0.2, 0.25) is 0 Å². The minimum Gasteiger partial charge on any atom is -0.481 e. The number of hydrogen-bond acceptors (Lipinski definition) is 1. The first-order valence-corrected chi connectivity index (χ1v) is 4.48. The lowest BCUT2D eigenvalue weighted by Crippen LogP contribution is -1.93. The molecule has 0 aliphatic rings. The SMILES string of the molecule is CCC#CCOc1ccc(C)cc1. The molecule has 0 aliphatic heterocycles.